The number of methoxy groups -OCH3 is 1. The molecule has 14 heavy (non-hydrogen) atoms. The maximum Gasteiger partial charge on any atom is 0.161 e. The molecule has 3 nitrogen and oxygen atoms in total. The molecule has 1 aromatic carbocycles. The number of rotatable bonds is 2. The van der Waals surface area contributed by atoms with Gasteiger partial charge in [-0.15, -0.1) is 0 Å². The van der Waals surface area contributed by atoms with Crippen LogP contribution < -0.4 is 4.74 Å². The number of carbonyl (C=O) groups excluding carboxylic acids is 1. The Morgan fingerprint density at radius 1 is 1.57 bits per heavy atom. The topological polar surface area (TPSA) is 50.1 Å². The Balaban J connectivity index is 3.44. The van der Waals surface area contributed by atoms with Crippen molar-refractivity contribution in [2.24, 2.45) is 0 Å². The van der Waals surface area contributed by atoms with Gasteiger partial charge < -0.3 is 4.74 Å². The number of benzene rings is 1. The smallest absolute Gasteiger partial charge is 0.161 e. The first-order chi connectivity index (χ1) is 6.60. The van der Waals surface area contributed by atoms with E-state index in [9.17, 15) is 4.79 Å². The summed E-state index contributed by atoms with van der Waals surface area (Å²) in [5.41, 5.74) is 0.857. The molecule has 0 fully saturated rings. The van der Waals surface area contributed by atoms with Crippen molar-refractivity contribution < 1.29 is 9.53 Å². The third-order valence-electron chi connectivity index (χ3n) is 1.78. The molecule has 0 N–H and O–H groups in total. The van der Waals surface area contributed by atoms with Gasteiger partial charge in [0.05, 0.1) is 12.7 Å². The van der Waals surface area contributed by atoms with Gasteiger partial charge in [0.1, 0.15) is 11.8 Å². The Bertz CT molecular complexity index is 421. The summed E-state index contributed by atoms with van der Waals surface area (Å²) in [6.45, 7) is 1.45. The zero-order chi connectivity index (χ0) is 10.7. The normalized spacial score (nSPS) is 9.29. The Morgan fingerprint density at radius 2 is 2.21 bits per heavy atom. The minimum atomic E-state index is -0.104. The zero-order valence-corrected chi connectivity index (χ0v) is 9.38. The molecular formula is C10H8BrNO2. The Morgan fingerprint density at radius 3 is 2.64 bits per heavy atom. The Labute approximate surface area is 90.4 Å². The Kier molecular flexibility index (Phi) is 3.26. The number of hydrogen-bond donors (Lipinski definition) is 0. The highest BCUT2D eigenvalue weighted by Gasteiger charge is 2.11. The summed E-state index contributed by atoms with van der Waals surface area (Å²) < 4.78 is 5.50. The van der Waals surface area contributed by atoms with Crippen LogP contribution in [0.15, 0.2) is 16.6 Å². The van der Waals surface area contributed by atoms with Gasteiger partial charge in [-0.05, 0) is 35.0 Å². The lowest BCUT2D eigenvalue weighted by Gasteiger charge is -2.06. The fraction of sp³-hybridized carbons (Fsp3) is 0.200. The predicted molar refractivity (Wildman–Crippen MR) is 55.4 cm³/mol. The predicted octanol–water partition coefficient (Wildman–Crippen LogP) is 2.53. The summed E-state index contributed by atoms with van der Waals surface area (Å²) in [6.07, 6.45) is 0. The standard InChI is InChI=1S/C10H8BrNO2/c1-6(13)9-4-8(14-2)3-7(5-12)10(9)11/h3-4H,1-2H3. The average molecular weight is 254 g/mol. The molecule has 0 unspecified atom stereocenters. The first kappa shape index (κ1) is 10.7. The zero-order valence-electron chi connectivity index (χ0n) is 7.80. The molecule has 0 aliphatic rings. The van der Waals surface area contributed by atoms with Crippen LogP contribution in [0.5, 0.6) is 5.75 Å². The van der Waals surface area contributed by atoms with E-state index in [1.54, 1.807) is 12.1 Å². The molecule has 0 saturated carbocycles. The molecule has 72 valence electrons. The van der Waals surface area contributed by atoms with Crippen LogP contribution in [0.3, 0.4) is 0 Å². The number of Topliss-reactive ketones (excluding diaryl/α,β-unsaturated/α-hetero) is 1. The highest BCUT2D eigenvalue weighted by Crippen LogP contribution is 2.27. The van der Waals surface area contributed by atoms with Gasteiger partial charge in [-0.25, -0.2) is 0 Å². The van der Waals surface area contributed by atoms with Gasteiger partial charge in [-0.1, -0.05) is 0 Å². The van der Waals surface area contributed by atoms with E-state index in [2.05, 4.69) is 15.9 Å². The third kappa shape index (κ3) is 1.94. The highest BCUT2D eigenvalue weighted by atomic mass is 79.9. The van der Waals surface area contributed by atoms with E-state index in [1.165, 1.54) is 14.0 Å². The van der Waals surface area contributed by atoms with Crippen molar-refractivity contribution in [2.75, 3.05) is 7.11 Å². The number of nitrogens with zero attached hydrogens (tertiary/aromatic N) is 1. The monoisotopic (exact) mass is 253 g/mol. The molecule has 0 atom stereocenters. The van der Waals surface area contributed by atoms with Crippen LogP contribution in [0.2, 0.25) is 0 Å². The summed E-state index contributed by atoms with van der Waals surface area (Å²) in [5.74, 6) is 0.405. The van der Waals surface area contributed by atoms with E-state index in [-0.39, 0.29) is 5.78 Å². The van der Waals surface area contributed by atoms with E-state index in [0.29, 0.717) is 21.3 Å². The van der Waals surface area contributed by atoms with Crippen molar-refractivity contribution in [3.05, 3.63) is 27.7 Å². The molecule has 0 bridgehead atoms. The number of hydrogen-bond acceptors (Lipinski definition) is 3. The van der Waals surface area contributed by atoms with Crippen LogP contribution in [-0.4, -0.2) is 12.9 Å². The molecule has 4 heteroatoms. The molecule has 1 aromatic rings. The summed E-state index contributed by atoms with van der Waals surface area (Å²) in [6, 6.07) is 5.17. The lowest BCUT2D eigenvalue weighted by atomic mass is 10.1. The number of nitriles is 1. The van der Waals surface area contributed by atoms with Crippen molar-refractivity contribution in [1.29, 1.82) is 5.26 Å². The fourth-order valence-corrected chi connectivity index (χ4v) is 1.65. The van der Waals surface area contributed by atoms with Gasteiger partial charge in [0.15, 0.2) is 5.78 Å². The van der Waals surface area contributed by atoms with Gasteiger partial charge in [0.2, 0.25) is 0 Å². The van der Waals surface area contributed by atoms with Gasteiger partial charge in [-0.3, -0.25) is 4.79 Å². The minimum Gasteiger partial charge on any atom is -0.497 e. The third-order valence-corrected chi connectivity index (χ3v) is 2.64. The number of carbonyl (C=O) groups is 1. The molecule has 0 heterocycles. The summed E-state index contributed by atoms with van der Waals surface area (Å²) >= 11 is 3.21. The lowest BCUT2D eigenvalue weighted by molar-refractivity contribution is 0.101. The van der Waals surface area contributed by atoms with Crippen LogP contribution >= 0.6 is 15.9 Å². The number of halogens is 1. The van der Waals surface area contributed by atoms with E-state index in [4.69, 9.17) is 10.00 Å². The first-order valence-electron chi connectivity index (χ1n) is 3.88. The van der Waals surface area contributed by atoms with Crippen molar-refractivity contribution in [2.45, 2.75) is 6.92 Å². The lowest BCUT2D eigenvalue weighted by Crippen LogP contribution is -1.97. The Hall–Kier alpha value is -1.34. The summed E-state index contributed by atoms with van der Waals surface area (Å²) in [5, 5.41) is 8.80. The second kappa shape index (κ2) is 4.25. The van der Waals surface area contributed by atoms with E-state index < -0.39 is 0 Å². The van der Waals surface area contributed by atoms with Gasteiger partial charge >= 0.3 is 0 Å². The summed E-state index contributed by atoms with van der Waals surface area (Å²) in [7, 11) is 1.49. The molecule has 0 spiro atoms. The molecule has 0 aromatic heterocycles. The van der Waals surface area contributed by atoms with Gasteiger partial charge in [-0.2, -0.15) is 5.26 Å². The number of ether oxygens (including phenoxy) is 1. The summed E-state index contributed by atoms with van der Waals surface area (Å²) in [4.78, 5) is 11.2. The molecule has 0 aliphatic carbocycles. The van der Waals surface area contributed by atoms with Crippen LogP contribution in [0, 0.1) is 11.3 Å². The highest BCUT2D eigenvalue weighted by molar-refractivity contribution is 9.10. The van der Waals surface area contributed by atoms with Crippen LogP contribution in [0.25, 0.3) is 0 Å². The van der Waals surface area contributed by atoms with E-state index in [1.807, 2.05) is 6.07 Å². The molecule has 1 rings (SSSR count). The molecule has 0 radical (unpaired) electrons. The van der Waals surface area contributed by atoms with Crippen LogP contribution in [0.4, 0.5) is 0 Å². The average Bonchev–Trinajstić information content (AvgIpc) is 2.17. The largest absolute Gasteiger partial charge is 0.497 e. The second-order valence-corrected chi connectivity index (χ2v) is 3.50. The second-order valence-electron chi connectivity index (χ2n) is 2.70. The maximum absolute atomic E-state index is 11.2. The molecular weight excluding hydrogens is 246 g/mol. The fourth-order valence-electron chi connectivity index (χ4n) is 1.05. The molecule has 0 saturated heterocycles. The molecule has 0 aliphatic heterocycles. The number of ketones is 1. The van der Waals surface area contributed by atoms with Crippen LogP contribution in [0.1, 0.15) is 22.8 Å². The quantitative estimate of drug-likeness (QED) is 0.762. The maximum atomic E-state index is 11.2. The van der Waals surface area contributed by atoms with Crippen LogP contribution in [-0.2, 0) is 0 Å². The SMILES string of the molecule is COc1cc(C#N)c(Br)c(C(C)=O)c1. The first-order valence-corrected chi connectivity index (χ1v) is 4.68. The van der Waals surface area contributed by atoms with E-state index >= 15 is 0 Å². The van der Waals surface area contributed by atoms with E-state index in [0.717, 1.165) is 0 Å². The van der Waals surface area contributed by atoms with Crippen molar-refractivity contribution >= 4 is 21.7 Å². The van der Waals surface area contributed by atoms with Crippen molar-refractivity contribution in [3.63, 3.8) is 0 Å². The van der Waals surface area contributed by atoms with Gasteiger partial charge in [0, 0.05) is 10.0 Å². The van der Waals surface area contributed by atoms with Crippen molar-refractivity contribution in [3.8, 4) is 11.8 Å². The molecule has 0 amide bonds. The van der Waals surface area contributed by atoms with Gasteiger partial charge in [0.25, 0.3) is 0 Å². The minimum absolute atomic E-state index is 0.104. The van der Waals surface area contributed by atoms with Crippen molar-refractivity contribution in [1.82, 2.24) is 0 Å².